The number of nitrogens with one attached hydrogen (secondary N) is 1. The van der Waals surface area contributed by atoms with E-state index >= 15 is 0 Å². The van der Waals surface area contributed by atoms with Gasteiger partial charge in [-0.1, -0.05) is 0 Å². The van der Waals surface area contributed by atoms with Crippen LogP contribution in [0.3, 0.4) is 0 Å². The van der Waals surface area contributed by atoms with E-state index in [0.717, 1.165) is 0 Å². The van der Waals surface area contributed by atoms with E-state index < -0.39 is 60.2 Å². The number of hydrogen-bond donors (Lipinski definition) is 2. The summed E-state index contributed by atoms with van der Waals surface area (Å²) in [7, 11) is -5.60. The van der Waals surface area contributed by atoms with E-state index in [1.807, 2.05) is 0 Å². The van der Waals surface area contributed by atoms with Gasteiger partial charge in [-0.15, -0.1) is 4.73 Å². The number of halogens is 7. The Labute approximate surface area is 132 Å². The topological polar surface area (TPSA) is 111 Å². The van der Waals surface area contributed by atoms with Gasteiger partial charge in [0, 0.05) is 0 Å². The molecule has 1 aromatic heterocycles. The van der Waals surface area contributed by atoms with Crippen LogP contribution in [0.15, 0.2) is 11.0 Å². The number of anilines is 1. The zero-order chi connectivity index (χ0) is 19.6. The number of amides is 1. The Morgan fingerprint density at radius 3 is 2.12 bits per heavy atom. The van der Waals surface area contributed by atoms with Crippen LogP contribution in [0, 0.1) is 5.82 Å². The van der Waals surface area contributed by atoms with Gasteiger partial charge in [0.15, 0.2) is 11.6 Å². The highest BCUT2D eigenvalue weighted by molar-refractivity contribution is 7.59. The van der Waals surface area contributed by atoms with Crippen LogP contribution in [0.25, 0.3) is 0 Å². The van der Waals surface area contributed by atoms with E-state index in [1.54, 1.807) is 0 Å². The smallest absolute Gasteiger partial charge is 0.410 e. The number of rotatable bonds is 5. The van der Waals surface area contributed by atoms with E-state index in [4.69, 9.17) is 5.11 Å². The molecular formula is C9H7F7N3O5P. The Morgan fingerprint density at radius 2 is 1.72 bits per heavy atom. The van der Waals surface area contributed by atoms with Crippen LogP contribution in [0.5, 0.6) is 0 Å². The lowest BCUT2D eigenvalue weighted by atomic mass is 10.5. The van der Waals surface area contributed by atoms with Crippen molar-refractivity contribution in [3.63, 3.8) is 0 Å². The number of alkyl halides is 6. The summed E-state index contributed by atoms with van der Waals surface area (Å²) >= 11 is 0. The van der Waals surface area contributed by atoms with E-state index in [0.29, 0.717) is 0 Å². The summed E-state index contributed by atoms with van der Waals surface area (Å²) in [6, 6.07) is 0. The lowest BCUT2D eigenvalue weighted by Gasteiger charge is -2.21. The van der Waals surface area contributed by atoms with Crippen molar-refractivity contribution in [1.82, 2.24) is 9.71 Å². The molecule has 8 nitrogen and oxygen atoms in total. The third kappa shape index (κ3) is 6.99. The van der Waals surface area contributed by atoms with Gasteiger partial charge < -0.3 is 9.73 Å². The fraction of sp³-hybridized carbons (Fsp3) is 0.444. The molecule has 0 spiro atoms. The summed E-state index contributed by atoms with van der Waals surface area (Å²) in [6.07, 6.45) is -17.7. The van der Waals surface area contributed by atoms with Gasteiger partial charge in [-0.05, 0) is 0 Å². The molecule has 2 N–H and O–H groups in total. The van der Waals surface area contributed by atoms with E-state index in [1.165, 1.54) is 5.32 Å². The van der Waals surface area contributed by atoms with Crippen LogP contribution in [0.2, 0.25) is 0 Å². The van der Waals surface area contributed by atoms with Crippen molar-refractivity contribution in [1.29, 1.82) is 0 Å². The first-order valence-corrected chi connectivity index (χ1v) is 7.80. The van der Waals surface area contributed by atoms with Gasteiger partial charge in [0.2, 0.25) is 0 Å². The van der Waals surface area contributed by atoms with Gasteiger partial charge in [0.25, 0.3) is 7.37 Å². The summed E-state index contributed by atoms with van der Waals surface area (Å²) in [6.45, 7) is 0. The minimum atomic E-state index is -5.60. The summed E-state index contributed by atoms with van der Waals surface area (Å²) in [5, 5.41) is 9.65. The average Bonchev–Trinajstić information content (AvgIpc) is 2.29. The monoisotopic (exact) mass is 401 g/mol. The molecule has 1 amide bonds. The third-order valence-electron chi connectivity index (χ3n) is 2.16. The Morgan fingerprint density at radius 1 is 1.24 bits per heavy atom. The van der Waals surface area contributed by atoms with Crippen LogP contribution >= 0.6 is 7.37 Å². The van der Waals surface area contributed by atoms with Crippen LogP contribution in [0.4, 0.5) is 41.3 Å². The lowest BCUT2D eigenvalue weighted by Crippen LogP contribution is -2.34. The Balaban J connectivity index is 3.25. The summed E-state index contributed by atoms with van der Waals surface area (Å²) in [5.41, 5.74) is -1.80. The second-order valence-corrected chi connectivity index (χ2v) is 6.84. The molecule has 0 aliphatic heterocycles. The van der Waals surface area contributed by atoms with Gasteiger partial charge in [0.05, 0.1) is 6.20 Å². The zero-order valence-electron chi connectivity index (χ0n) is 11.6. The molecule has 0 aliphatic rings. The Bertz CT molecular complexity index is 739. The van der Waals surface area contributed by atoms with Gasteiger partial charge >= 0.3 is 24.1 Å². The van der Waals surface area contributed by atoms with Gasteiger partial charge in [-0.25, -0.2) is 14.0 Å². The SMILES string of the molecule is O=C(O)Nc1nc(=O)n(OP(=O)(CC(F)(F)F)CC(F)(F)F)cc1F. The van der Waals surface area contributed by atoms with Crippen LogP contribution in [-0.4, -0.2) is 45.6 Å². The molecule has 0 unspecified atom stereocenters. The molecule has 0 radical (unpaired) electrons. The molecule has 0 fully saturated rings. The molecule has 16 heteroatoms. The maximum Gasteiger partial charge on any atom is 0.410 e. The van der Waals surface area contributed by atoms with Crippen LogP contribution < -0.4 is 15.6 Å². The van der Waals surface area contributed by atoms with E-state index in [-0.39, 0.29) is 6.20 Å². The summed E-state index contributed by atoms with van der Waals surface area (Å²) in [5.74, 6) is -2.86. The molecule has 0 atom stereocenters. The first-order chi connectivity index (χ1) is 11.1. The fourth-order valence-electron chi connectivity index (χ4n) is 1.49. The fourth-order valence-corrected chi connectivity index (χ4v) is 3.24. The molecule has 0 aliphatic carbocycles. The maximum absolute atomic E-state index is 13.5. The molecule has 25 heavy (non-hydrogen) atoms. The predicted molar refractivity (Wildman–Crippen MR) is 66.1 cm³/mol. The molecule has 0 bridgehead atoms. The Hall–Kier alpha value is -2.31. The molecule has 1 heterocycles. The second-order valence-electron chi connectivity index (χ2n) is 4.42. The lowest BCUT2D eigenvalue weighted by molar-refractivity contribution is -0.115. The number of nitrogens with zero attached hydrogens (tertiary/aromatic N) is 2. The zero-order valence-corrected chi connectivity index (χ0v) is 12.5. The van der Waals surface area contributed by atoms with Crippen molar-refractivity contribution in [2.75, 3.05) is 17.6 Å². The van der Waals surface area contributed by atoms with Crippen molar-refractivity contribution in [3.05, 3.63) is 22.5 Å². The highest BCUT2D eigenvalue weighted by Crippen LogP contribution is 2.51. The predicted octanol–water partition coefficient (Wildman–Crippen LogP) is 2.30. The van der Waals surface area contributed by atoms with E-state index in [2.05, 4.69) is 9.61 Å². The van der Waals surface area contributed by atoms with Crippen molar-refractivity contribution in [2.24, 2.45) is 0 Å². The number of hydrogen-bond acceptors (Lipinski definition) is 5. The minimum absolute atomic E-state index is 0.0972. The quantitative estimate of drug-likeness (QED) is 0.579. The van der Waals surface area contributed by atoms with Gasteiger partial charge in [0.1, 0.15) is 12.3 Å². The number of aromatic nitrogens is 2. The average molecular weight is 401 g/mol. The standard InChI is InChI=1S/C9H7F7N3O5P/c10-4-1-19(6(20)17-5(4)18-7(21)22)24-25(23,2-8(11,12)13)3-9(14,15)16/h1H,2-3H2,(H,21,22)(H,17,18,20). The van der Waals surface area contributed by atoms with Crippen molar-refractivity contribution >= 4 is 19.3 Å². The molecule has 1 rings (SSSR count). The van der Waals surface area contributed by atoms with Crippen molar-refractivity contribution in [2.45, 2.75) is 12.4 Å². The molecule has 0 saturated heterocycles. The van der Waals surface area contributed by atoms with Gasteiger partial charge in [-0.2, -0.15) is 31.3 Å². The first-order valence-electron chi connectivity index (χ1n) is 5.81. The van der Waals surface area contributed by atoms with Crippen molar-refractivity contribution in [3.8, 4) is 0 Å². The van der Waals surface area contributed by atoms with E-state index in [9.17, 15) is 44.9 Å². The summed E-state index contributed by atoms with van der Waals surface area (Å²) < 4.78 is 103. The summed E-state index contributed by atoms with van der Waals surface area (Å²) in [4.78, 5) is 24.5. The molecule has 0 saturated carbocycles. The van der Waals surface area contributed by atoms with Crippen LogP contribution in [-0.2, 0) is 4.57 Å². The van der Waals surface area contributed by atoms with Crippen LogP contribution in [0.1, 0.15) is 0 Å². The molecule has 1 aromatic rings. The molecule has 142 valence electrons. The maximum atomic E-state index is 13.5. The third-order valence-corrected chi connectivity index (χ3v) is 4.31. The van der Waals surface area contributed by atoms with Gasteiger partial charge in [-0.3, -0.25) is 9.88 Å². The number of carbonyl (C=O) groups is 1. The minimum Gasteiger partial charge on any atom is -0.465 e. The molecule has 0 aromatic carbocycles. The largest absolute Gasteiger partial charge is 0.465 e. The Kier molecular flexibility index (Phi) is 5.72. The van der Waals surface area contributed by atoms with Crippen molar-refractivity contribution < 1.29 is 49.8 Å². The first kappa shape index (κ1) is 20.7. The molecular weight excluding hydrogens is 394 g/mol. The number of carboxylic acid groups (broad SMARTS) is 1. The second kappa shape index (κ2) is 6.90. The normalized spacial score (nSPS) is 12.8. The highest BCUT2D eigenvalue weighted by Gasteiger charge is 2.48. The highest BCUT2D eigenvalue weighted by atomic mass is 31.2.